The standard InChI is InChI=1S/C56H42N4O4/c1-61-39-17-9-33(10-18-39)51-45-25-26-46(57-45)52(34-11-19-40(62-2)20-12-34)48-28-30-50(59-48)54(36-15-23-42(64-4)24-16-36)56-44-32-38-8-6-5-7-37(38)31-43(44)55(60-56)53(49-29-27-47(51)58-49)35-13-21-41(63-3)22-14-35/h5-32,58-59H,1-4H3. The van der Waals surface area contributed by atoms with Crippen molar-refractivity contribution in [3.63, 3.8) is 0 Å². The normalized spacial score (nSPS) is 11.7. The van der Waals surface area contributed by atoms with Crippen molar-refractivity contribution in [1.82, 2.24) is 19.9 Å². The van der Waals surface area contributed by atoms with E-state index in [-0.39, 0.29) is 0 Å². The molecule has 3 aromatic heterocycles. The number of ether oxygens (including phenoxy) is 4. The Kier molecular flexibility index (Phi) is 9.54. The second-order valence-corrected chi connectivity index (χ2v) is 15.8. The van der Waals surface area contributed by atoms with E-state index in [2.05, 4.69) is 131 Å². The Balaban J connectivity index is 1.36. The summed E-state index contributed by atoms with van der Waals surface area (Å²) in [4.78, 5) is 19.0. The Morgan fingerprint density at radius 1 is 0.344 bits per heavy atom. The second kappa shape index (κ2) is 15.8. The smallest absolute Gasteiger partial charge is 0.118 e. The summed E-state index contributed by atoms with van der Waals surface area (Å²) in [5.41, 5.74) is 16.8. The van der Waals surface area contributed by atoms with Gasteiger partial charge in [0.25, 0.3) is 0 Å². The van der Waals surface area contributed by atoms with Gasteiger partial charge < -0.3 is 28.9 Å². The Labute approximate surface area is 370 Å². The molecule has 8 bridgehead atoms. The van der Waals surface area contributed by atoms with E-state index in [9.17, 15) is 0 Å². The molecule has 0 radical (unpaired) electrons. The molecule has 0 spiro atoms. The first-order chi connectivity index (χ1) is 31.5. The van der Waals surface area contributed by atoms with E-state index in [1.165, 1.54) is 0 Å². The van der Waals surface area contributed by atoms with E-state index in [0.717, 1.165) is 134 Å². The summed E-state index contributed by atoms with van der Waals surface area (Å²) < 4.78 is 22.5. The third-order valence-corrected chi connectivity index (χ3v) is 12.2. The van der Waals surface area contributed by atoms with E-state index < -0.39 is 0 Å². The Hall–Kier alpha value is -8.36. The predicted octanol–water partition coefficient (Wildman–Crippen LogP) is 13.7. The van der Waals surface area contributed by atoms with E-state index in [1.807, 2.05) is 48.5 Å². The summed E-state index contributed by atoms with van der Waals surface area (Å²) in [6, 6.07) is 54.4. The van der Waals surface area contributed by atoms with Gasteiger partial charge in [-0.05, 0) is 130 Å². The van der Waals surface area contributed by atoms with Crippen LogP contribution < -0.4 is 18.9 Å². The van der Waals surface area contributed by atoms with Gasteiger partial charge in [0, 0.05) is 55.4 Å². The van der Waals surface area contributed by atoms with Crippen molar-refractivity contribution in [3.8, 4) is 90.0 Å². The van der Waals surface area contributed by atoms with Crippen molar-refractivity contribution in [2.75, 3.05) is 28.4 Å². The van der Waals surface area contributed by atoms with Crippen LogP contribution in [0.3, 0.4) is 0 Å². The number of aromatic nitrogens is 4. The van der Waals surface area contributed by atoms with Crippen LogP contribution in [0.4, 0.5) is 0 Å². The number of methoxy groups -OCH3 is 4. The molecule has 0 unspecified atom stereocenters. The molecule has 0 saturated carbocycles. The highest BCUT2D eigenvalue weighted by Crippen LogP contribution is 2.48. The maximum Gasteiger partial charge on any atom is 0.118 e. The van der Waals surface area contributed by atoms with Crippen LogP contribution in [0.15, 0.2) is 158 Å². The highest BCUT2D eigenvalue weighted by molar-refractivity contribution is 6.08. The number of H-pyrrole nitrogens is 2. The lowest BCUT2D eigenvalue weighted by Gasteiger charge is -2.10. The van der Waals surface area contributed by atoms with Gasteiger partial charge >= 0.3 is 0 Å². The number of nitrogens with zero attached hydrogens (tertiary/aromatic N) is 2. The third kappa shape index (κ3) is 6.64. The number of hydrogen-bond acceptors (Lipinski definition) is 6. The Bertz CT molecular complexity index is 3230. The maximum absolute atomic E-state index is 5.78. The summed E-state index contributed by atoms with van der Waals surface area (Å²) in [5, 5.41) is 2.25. The van der Waals surface area contributed by atoms with E-state index in [0.29, 0.717) is 0 Å². The molecular weight excluding hydrogens is 793 g/mol. The van der Waals surface area contributed by atoms with E-state index >= 15 is 0 Å². The Morgan fingerprint density at radius 2 is 0.656 bits per heavy atom. The molecule has 2 N–H and O–H groups in total. The van der Waals surface area contributed by atoms with Crippen molar-refractivity contribution in [2.24, 2.45) is 0 Å². The number of aromatic amines is 2. The van der Waals surface area contributed by atoms with Crippen LogP contribution in [-0.4, -0.2) is 48.4 Å². The van der Waals surface area contributed by atoms with Gasteiger partial charge in [-0.2, -0.15) is 0 Å². The fourth-order valence-corrected chi connectivity index (χ4v) is 9.01. The number of fused-ring (bicyclic) bond motifs is 12. The fourth-order valence-electron chi connectivity index (χ4n) is 9.01. The molecule has 0 fully saturated rings. The van der Waals surface area contributed by atoms with Gasteiger partial charge in [0.05, 0.1) is 51.2 Å². The molecule has 9 aromatic rings. The van der Waals surface area contributed by atoms with Crippen LogP contribution in [0.25, 0.3) is 112 Å². The van der Waals surface area contributed by atoms with Gasteiger partial charge in [0.2, 0.25) is 0 Å². The number of rotatable bonds is 8. The minimum absolute atomic E-state index is 0.772. The maximum atomic E-state index is 5.78. The molecule has 0 aliphatic carbocycles. The highest BCUT2D eigenvalue weighted by Gasteiger charge is 2.26. The lowest BCUT2D eigenvalue weighted by Crippen LogP contribution is -1.90. The number of hydrogen-bond donors (Lipinski definition) is 2. The van der Waals surface area contributed by atoms with Crippen molar-refractivity contribution in [2.45, 2.75) is 0 Å². The van der Waals surface area contributed by atoms with Gasteiger partial charge in [0.1, 0.15) is 23.0 Å². The van der Waals surface area contributed by atoms with Crippen LogP contribution in [0.2, 0.25) is 0 Å². The highest BCUT2D eigenvalue weighted by atomic mass is 16.5. The summed E-state index contributed by atoms with van der Waals surface area (Å²) >= 11 is 0. The summed E-state index contributed by atoms with van der Waals surface area (Å²) in [6.45, 7) is 0. The number of nitrogens with one attached hydrogen (secondary N) is 2. The number of benzene rings is 6. The molecule has 8 nitrogen and oxygen atoms in total. The molecule has 0 atom stereocenters. The van der Waals surface area contributed by atoms with Crippen LogP contribution in [0, 0.1) is 0 Å². The second-order valence-electron chi connectivity index (χ2n) is 15.8. The molecule has 2 aliphatic rings. The molecule has 310 valence electrons. The summed E-state index contributed by atoms with van der Waals surface area (Å²) in [5.74, 6) is 3.09. The summed E-state index contributed by atoms with van der Waals surface area (Å²) in [7, 11) is 6.75. The van der Waals surface area contributed by atoms with Crippen LogP contribution in [0.1, 0.15) is 11.4 Å². The first-order valence-electron chi connectivity index (χ1n) is 21.1. The first-order valence-corrected chi connectivity index (χ1v) is 21.1. The van der Waals surface area contributed by atoms with E-state index in [4.69, 9.17) is 28.9 Å². The molecule has 8 heteroatoms. The zero-order chi connectivity index (χ0) is 43.3. The average Bonchev–Trinajstić information content (AvgIpc) is 4.19. The minimum atomic E-state index is 0.772. The van der Waals surface area contributed by atoms with Gasteiger partial charge in [-0.1, -0.05) is 72.8 Å². The molecule has 6 aromatic carbocycles. The monoisotopic (exact) mass is 834 g/mol. The van der Waals surface area contributed by atoms with Gasteiger partial charge in [-0.3, -0.25) is 0 Å². The topological polar surface area (TPSA) is 94.3 Å². The molecule has 11 rings (SSSR count). The van der Waals surface area contributed by atoms with Crippen molar-refractivity contribution in [1.29, 1.82) is 0 Å². The van der Waals surface area contributed by atoms with Crippen molar-refractivity contribution in [3.05, 3.63) is 169 Å². The minimum Gasteiger partial charge on any atom is -0.497 e. The molecule has 2 aliphatic heterocycles. The molecule has 64 heavy (non-hydrogen) atoms. The first kappa shape index (κ1) is 38.6. The van der Waals surface area contributed by atoms with Gasteiger partial charge in [-0.15, -0.1) is 0 Å². The van der Waals surface area contributed by atoms with Crippen LogP contribution >= 0.6 is 0 Å². The van der Waals surface area contributed by atoms with Crippen molar-refractivity contribution < 1.29 is 18.9 Å². The molecule has 0 amide bonds. The zero-order valence-electron chi connectivity index (χ0n) is 35.7. The lowest BCUT2D eigenvalue weighted by atomic mass is 9.92. The van der Waals surface area contributed by atoms with Gasteiger partial charge in [0.15, 0.2) is 0 Å². The molecule has 5 heterocycles. The molecule has 0 saturated heterocycles. The predicted molar refractivity (Wildman–Crippen MR) is 260 cm³/mol. The average molecular weight is 835 g/mol. The summed E-state index contributed by atoms with van der Waals surface area (Å²) in [6.07, 6.45) is 4.21. The quantitative estimate of drug-likeness (QED) is 0.158. The zero-order valence-corrected chi connectivity index (χ0v) is 35.7. The fraction of sp³-hybridized carbons (Fsp3) is 0.0714. The van der Waals surface area contributed by atoms with Crippen LogP contribution in [0.5, 0.6) is 23.0 Å². The van der Waals surface area contributed by atoms with Crippen molar-refractivity contribution >= 4 is 45.0 Å². The largest absolute Gasteiger partial charge is 0.497 e. The molecular formula is C56H42N4O4. The lowest BCUT2D eigenvalue weighted by molar-refractivity contribution is 0.415. The van der Waals surface area contributed by atoms with Gasteiger partial charge in [-0.25, -0.2) is 9.97 Å². The van der Waals surface area contributed by atoms with E-state index in [1.54, 1.807) is 28.4 Å². The van der Waals surface area contributed by atoms with Crippen LogP contribution in [-0.2, 0) is 0 Å². The Morgan fingerprint density at radius 3 is 0.984 bits per heavy atom. The SMILES string of the molecule is COc1ccc(-c2c3nc(c(-c4ccc(OC)cc4)c4ccc([nH]4)c(-c4ccc(OC)cc4)c4nc(c(-c5ccc(OC)cc5)c5ccc2[nH]5)-c2cc5ccccc5cc2-4)C=C3)cc1. The third-order valence-electron chi connectivity index (χ3n) is 12.2.